The Bertz CT molecular complexity index is 204. The van der Waals surface area contributed by atoms with Crippen LogP contribution >= 0.6 is 0 Å². The molecule has 0 bridgehead atoms. The number of sulfonamides is 1. The fourth-order valence-electron chi connectivity index (χ4n) is 0.380. The van der Waals surface area contributed by atoms with Crippen LogP contribution in [0.1, 0.15) is 6.92 Å². The van der Waals surface area contributed by atoms with Gasteiger partial charge < -0.3 is 5.73 Å². The highest BCUT2D eigenvalue weighted by molar-refractivity contribution is 7.89. The summed E-state index contributed by atoms with van der Waals surface area (Å²) in [5.41, 5.74) is 5.01. The van der Waals surface area contributed by atoms with Gasteiger partial charge in [-0.3, -0.25) is 0 Å². The molecule has 3 N–H and O–H groups in total. The summed E-state index contributed by atoms with van der Waals surface area (Å²) >= 11 is 0. The van der Waals surface area contributed by atoms with Crippen molar-refractivity contribution in [3.05, 3.63) is 0 Å². The maximum absolute atomic E-state index is 11.6. The highest BCUT2D eigenvalue weighted by atomic mass is 32.2. The first-order chi connectivity index (χ1) is 4.90. The van der Waals surface area contributed by atoms with Gasteiger partial charge in [0.2, 0.25) is 0 Å². The second-order valence-corrected chi connectivity index (χ2v) is 3.74. The van der Waals surface area contributed by atoms with Gasteiger partial charge in [0.05, 0.1) is 0 Å². The van der Waals surface area contributed by atoms with Crippen molar-refractivity contribution in [2.75, 3.05) is 6.54 Å². The van der Waals surface area contributed by atoms with Crippen molar-refractivity contribution in [2.24, 2.45) is 5.73 Å². The molecule has 0 unspecified atom stereocenters. The number of hydrogen-bond donors (Lipinski definition) is 2. The minimum absolute atomic E-state index is 0.00799. The van der Waals surface area contributed by atoms with Crippen LogP contribution in [-0.4, -0.2) is 26.8 Å². The molecule has 0 saturated heterocycles. The minimum Gasteiger partial charge on any atom is -0.329 e. The minimum atomic E-state index is -4.47. The van der Waals surface area contributed by atoms with Gasteiger partial charge in [-0.1, -0.05) is 0 Å². The number of halogens is 2. The fourth-order valence-corrected chi connectivity index (χ4v) is 1.14. The molecule has 0 aromatic rings. The van der Waals surface area contributed by atoms with E-state index < -0.39 is 21.8 Å². The smallest absolute Gasteiger partial charge is 0.329 e. The van der Waals surface area contributed by atoms with Crippen molar-refractivity contribution < 1.29 is 17.2 Å². The summed E-state index contributed by atoms with van der Waals surface area (Å²) in [7, 11) is -4.47. The van der Waals surface area contributed by atoms with Crippen molar-refractivity contribution in [1.82, 2.24) is 4.72 Å². The summed E-state index contributed by atoms with van der Waals surface area (Å²) in [6, 6.07) is -0.658. The lowest BCUT2D eigenvalue weighted by Gasteiger charge is -2.10. The van der Waals surface area contributed by atoms with Crippen molar-refractivity contribution in [3.8, 4) is 0 Å². The van der Waals surface area contributed by atoms with E-state index in [1.165, 1.54) is 6.92 Å². The zero-order valence-electron chi connectivity index (χ0n) is 5.92. The second-order valence-electron chi connectivity index (χ2n) is 2.06. The van der Waals surface area contributed by atoms with E-state index in [4.69, 9.17) is 5.73 Å². The van der Waals surface area contributed by atoms with E-state index in [9.17, 15) is 17.2 Å². The van der Waals surface area contributed by atoms with Crippen LogP contribution in [0, 0.1) is 0 Å². The molecule has 7 heteroatoms. The first kappa shape index (κ1) is 10.7. The standard InChI is InChI=1S/C4H10F2N2O2S/c1-3(2-7)8-11(9,10)4(5)6/h3-4,8H,2,7H2,1H3/t3-/m1/s1. The zero-order chi connectivity index (χ0) is 9.07. The maximum Gasteiger partial charge on any atom is 0.350 e. The lowest BCUT2D eigenvalue weighted by molar-refractivity contribution is 0.231. The summed E-state index contributed by atoms with van der Waals surface area (Å²) in [5, 5.41) is 0. The van der Waals surface area contributed by atoms with Crippen LogP contribution in [0.3, 0.4) is 0 Å². The largest absolute Gasteiger partial charge is 0.350 e. The third-order valence-electron chi connectivity index (χ3n) is 0.954. The Morgan fingerprint density at radius 2 is 2.00 bits per heavy atom. The van der Waals surface area contributed by atoms with Gasteiger partial charge in [0.25, 0.3) is 10.0 Å². The molecule has 0 aliphatic carbocycles. The third-order valence-corrected chi connectivity index (χ3v) is 2.15. The molecular weight excluding hydrogens is 178 g/mol. The van der Waals surface area contributed by atoms with Crippen LogP contribution in [0.5, 0.6) is 0 Å². The molecule has 0 aromatic carbocycles. The Balaban J connectivity index is 4.15. The Kier molecular flexibility index (Phi) is 3.84. The monoisotopic (exact) mass is 188 g/mol. The van der Waals surface area contributed by atoms with Crippen LogP contribution < -0.4 is 10.5 Å². The Hall–Kier alpha value is -0.270. The molecule has 0 aromatic heterocycles. The van der Waals surface area contributed by atoms with E-state index in [0.717, 1.165) is 0 Å². The number of alkyl halides is 2. The van der Waals surface area contributed by atoms with Crippen molar-refractivity contribution >= 4 is 10.0 Å². The number of rotatable bonds is 4. The quantitative estimate of drug-likeness (QED) is 0.623. The molecule has 4 nitrogen and oxygen atoms in total. The van der Waals surface area contributed by atoms with E-state index in [2.05, 4.69) is 0 Å². The van der Waals surface area contributed by atoms with E-state index in [1.54, 1.807) is 4.72 Å². The van der Waals surface area contributed by atoms with Crippen molar-refractivity contribution in [3.63, 3.8) is 0 Å². The summed E-state index contributed by atoms with van der Waals surface area (Å²) < 4.78 is 45.7. The summed E-state index contributed by atoms with van der Waals surface area (Å²) in [5.74, 6) is -3.39. The number of hydrogen-bond acceptors (Lipinski definition) is 3. The summed E-state index contributed by atoms with van der Waals surface area (Å²) in [6.07, 6.45) is 0. The average molecular weight is 188 g/mol. The van der Waals surface area contributed by atoms with Crippen LogP contribution in [-0.2, 0) is 10.0 Å². The van der Waals surface area contributed by atoms with Crippen molar-refractivity contribution in [2.45, 2.75) is 18.7 Å². The zero-order valence-corrected chi connectivity index (χ0v) is 6.74. The van der Waals surface area contributed by atoms with Gasteiger partial charge in [-0.25, -0.2) is 13.1 Å². The number of nitrogens with one attached hydrogen (secondary N) is 1. The molecule has 0 radical (unpaired) electrons. The van der Waals surface area contributed by atoms with Gasteiger partial charge in [0.1, 0.15) is 0 Å². The van der Waals surface area contributed by atoms with Gasteiger partial charge in [-0.15, -0.1) is 0 Å². The third kappa shape index (κ3) is 3.59. The molecule has 0 aliphatic heterocycles. The van der Waals surface area contributed by atoms with E-state index in [-0.39, 0.29) is 6.54 Å². The van der Waals surface area contributed by atoms with Crippen LogP contribution in [0.15, 0.2) is 0 Å². The first-order valence-corrected chi connectivity index (χ1v) is 4.44. The van der Waals surface area contributed by atoms with Crippen molar-refractivity contribution in [1.29, 1.82) is 0 Å². The molecular formula is C4H10F2N2O2S. The molecule has 0 amide bonds. The normalized spacial score (nSPS) is 15.4. The first-order valence-electron chi connectivity index (χ1n) is 2.89. The molecule has 0 rings (SSSR count). The Labute approximate surface area is 63.8 Å². The average Bonchev–Trinajstić information content (AvgIpc) is 1.86. The second kappa shape index (κ2) is 3.93. The highest BCUT2D eigenvalue weighted by Crippen LogP contribution is 2.02. The van der Waals surface area contributed by atoms with Gasteiger partial charge in [-0.05, 0) is 6.92 Å². The van der Waals surface area contributed by atoms with Gasteiger partial charge in [0.15, 0.2) is 0 Å². The molecule has 0 aliphatic rings. The summed E-state index contributed by atoms with van der Waals surface area (Å²) in [6.45, 7) is 1.39. The fraction of sp³-hybridized carbons (Fsp3) is 1.00. The van der Waals surface area contributed by atoms with Gasteiger partial charge >= 0.3 is 5.76 Å². The van der Waals surface area contributed by atoms with E-state index in [0.29, 0.717) is 0 Å². The topological polar surface area (TPSA) is 72.2 Å². The molecule has 68 valence electrons. The van der Waals surface area contributed by atoms with Crippen LogP contribution in [0.25, 0.3) is 0 Å². The molecule has 0 saturated carbocycles. The van der Waals surface area contributed by atoms with Crippen LogP contribution in [0.2, 0.25) is 0 Å². The summed E-state index contributed by atoms with van der Waals surface area (Å²) in [4.78, 5) is 0. The van der Waals surface area contributed by atoms with Crippen LogP contribution in [0.4, 0.5) is 8.78 Å². The molecule has 0 spiro atoms. The predicted molar refractivity (Wildman–Crippen MR) is 36.6 cm³/mol. The molecule has 11 heavy (non-hydrogen) atoms. The maximum atomic E-state index is 11.6. The molecule has 0 heterocycles. The highest BCUT2D eigenvalue weighted by Gasteiger charge is 2.24. The van der Waals surface area contributed by atoms with E-state index in [1.807, 2.05) is 0 Å². The predicted octanol–water partition coefficient (Wildman–Crippen LogP) is -0.524. The number of nitrogens with two attached hydrogens (primary N) is 1. The Morgan fingerprint density at radius 3 is 2.27 bits per heavy atom. The Morgan fingerprint density at radius 1 is 1.55 bits per heavy atom. The van der Waals surface area contributed by atoms with Gasteiger partial charge in [0, 0.05) is 12.6 Å². The van der Waals surface area contributed by atoms with E-state index >= 15 is 0 Å². The van der Waals surface area contributed by atoms with Gasteiger partial charge in [-0.2, -0.15) is 8.78 Å². The molecule has 0 fully saturated rings. The SMILES string of the molecule is C[C@H](CN)NS(=O)(=O)C(F)F. The lowest BCUT2D eigenvalue weighted by atomic mass is 10.4. The molecule has 1 atom stereocenters. The lowest BCUT2D eigenvalue weighted by Crippen LogP contribution is -2.40.